The van der Waals surface area contributed by atoms with Crippen molar-refractivity contribution in [3.05, 3.63) is 0 Å². The second kappa shape index (κ2) is 16.6. The fourth-order valence-corrected chi connectivity index (χ4v) is 6.61. The Morgan fingerprint density at radius 1 is 0.812 bits per heavy atom. The van der Waals surface area contributed by atoms with Crippen LogP contribution in [0, 0.1) is 0 Å². The van der Waals surface area contributed by atoms with Gasteiger partial charge in [-0.05, 0) is 86.4 Å². The second-order valence-corrected chi connectivity index (χ2v) is 11.8. The van der Waals surface area contributed by atoms with Gasteiger partial charge in [-0.25, -0.2) is 9.34 Å². The van der Waals surface area contributed by atoms with Crippen molar-refractivity contribution >= 4 is 25.5 Å². The lowest BCUT2D eigenvalue weighted by Crippen LogP contribution is -2.45. The molecule has 0 heterocycles. The SMILES string of the molecule is CCC(CC)(CC)NC(=O)SCOCOCOP(N(C(C)C)C(C)C)N(C(C)C)C(C)C. The molecule has 0 aliphatic rings. The number of thioether (sulfide) groups is 1. The van der Waals surface area contributed by atoms with Crippen LogP contribution in [0.15, 0.2) is 0 Å². The summed E-state index contributed by atoms with van der Waals surface area (Å²) in [7, 11) is -0.985. The van der Waals surface area contributed by atoms with Gasteiger partial charge in [0.15, 0.2) is 22.0 Å². The van der Waals surface area contributed by atoms with Gasteiger partial charge in [-0.2, -0.15) is 0 Å². The van der Waals surface area contributed by atoms with Gasteiger partial charge in [0.05, 0.1) is 0 Å². The van der Waals surface area contributed by atoms with Crippen LogP contribution in [0.5, 0.6) is 0 Å². The molecule has 0 saturated carbocycles. The minimum Gasteiger partial charge on any atom is -0.344 e. The molecule has 192 valence electrons. The molecule has 1 N–H and O–H groups in total. The number of carbonyl (C=O) groups excluding carboxylic acids is 1. The molecule has 9 heteroatoms. The van der Waals surface area contributed by atoms with Crippen molar-refractivity contribution in [2.45, 2.75) is 125 Å². The van der Waals surface area contributed by atoms with Gasteiger partial charge < -0.3 is 19.3 Å². The number of nitrogens with zero attached hydrogens (tertiary/aromatic N) is 2. The Morgan fingerprint density at radius 2 is 1.25 bits per heavy atom. The zero-order chi connectivity index (χ0) is 24.9. The summed E-state index contributed by atoms with van der Waals surface area (Å²) in [6, 6.07) is 1.42. The molecule has 0 fully saturated rings. The first-order chi connectivity index (χ1) is 15.0. The fourth-order valence-electron chi connectivity index (χ4n) is 3.81. The summed E-state index contributed by atoms with van der Waals surface area (Å²) in [5.74, 6) is 0.252. The van der Waals surface area contributed by atoms with Gasteiger partial charge in [-0.3, -0.25) is 4.79 Å². The molecule has 0 aromatic carbocycles. The van der Waals surface area contributed by atoms with Crippen molar-refractivity contribution in [1.29, 1.82) is 0 Å². The molecule has 1 amide bonds. The lowest BCUT2D eigenvalue weighted by molar-refractivity contribution is -0.0892. The minimum absolute atomic E-state index is 0.0515. The molecule has 0 bridgehead atoms. The predicted octanol–water partition coefficient (Wildman–Crippen LogP) is 6.78. The Morgan fingerprint density at radius 3 is 1.62 bits per heavy atom. The molecule has 0 unspecified atom stereocenters. The first-order valence-corrected chi connectivity index (χ1v) is 14.2. The maximum absolute atomic E-state index is 12.2. The summed E-state index contributed by atoms with van der Waals surface area (Å²) in [6.45, 7) is 24.2. The highest BCUT2D eigenvalue weighted by molar-refractivity contribution is 8.13. The molecule has 7 nitrogen and oxygen atoms in total. The van der Waals surface area contributed by atoms with Crippen molar-refractivity contribution < 1.29 is 18.8 Å². The first kappa shape index (κ1) is 32.0. The topological polar surface area (TPSA) is 63.3 Å². The zero-order valence-corrected chi connectivity index (χ0v) is 24.1. The molecule has 0 aliphatic carbocycles. The highest BCUT2D eigenvalue weighted by Gasteiger charge is 2.34. The quantitative estimate of drug-likeness (QED) is 0.135. The van der Waals surface area contributed by atoms with E-state index in [9.17, 15) is 4.79 Å². The van der Waals surface area contributed by atoms with Crippen LogP contribution in [-0.4, -0.2) is 63.8 Å². The smallest absolute Gasteiger partial charge is 0.281 e. The van der Waals surface area contributed by atoms with Gasteiger partial charge in [-0.15, -0.1) is 0 Å². The lowest BCUT2D eigenvalue weighted by atomic mass is 9.90. The summed E-state index contributed by atoms with van der Waals surface area (Å²) in [4.78, 5) is 12.2. The lowest BCUT2D eigenvalue weighted by Gasteiger charge is -2.45. The number of nitrogens with one attached hydrogen (secondary N) is 1. The van der Waals surface area contributed by atoms with Gasteiger partial charge in [0.2, 0.25) is 0 Å². The van der Waals surface area contributed by atoms with Crippen LogP contribution in [0.4, 0.5) is 4.79 Å². The van der Waals surface area contributed by atoms with E-state index in [1.54, 1.807) is 0 Å². The average Bonchev–Trinajstić information content (AvgIpc) is 2.70. The molecule has 0 aromatic rings. The van der Waals surface area contributed by atoms with Crippen LogP contribution in [0.3, 0.4) is 0 Å². The molecule has 0 rings (SSSR count). The van der Waals surface area contributed by atoms with E-state index in [2.05, 4.69) is 90.8 Å². The summed E-state index contributed by atoms with van der Waals surface area (Å²) >= 11 is 1.13. The third-order valence-corrected chi connectivity index (χ3v) is 9.22. The van der Waals surface area contributed by atoms with E-state index in [-0.39, 0.29) is 30.3 Å². The van der Waals surface area contributed by atoms with Crippen LogP contribution >= 0.6 is 20.2 Å². The Balaban J connectivity index is 4.62. The average molecular weight is 496 g/mol. The highest BCUT2D eigenvalue weighted by atomic mass is 32.2. The summed E-state index contributed by atoms with van der Waals surface area (Å²) < 4.78 is 22.2. The number of amides is 1. The number of carbonyl (C=O) groups is 1. The van der Waals surface area contributed by atoms with Crippen LogP contribution in [0.1, 0.15) is 95.4 Å². The van der Waals surface area contributed by atoms with Crippen LogP contribution in [0.25, 0.3) is 0 Å². The van der Waals surface area contributed by atoms with Crippen LogP contribution < -0.4 is 5.32 Å². The third-order valence-electron chi connectivity index (χ3n) is 5.60. The molecular formula is C23H50N3O4PS. The third kappa shape index (κ3) is 11.0. The second-order valence-electron chi connectivity index (χ2n) is 9.18. The van der Waals surface area contributed by atoms with E-state index in [0.29, 0.717) is 24.2 Å². The highest BCUT2D eigenvalue weighted by Crippen LogP contribution is 2.50. The molecule has 0 aromatic heterocycles. The standard InChI is InChI=1S/C23H50N3O4PS/c1-12-23(13-2,14-3)24-22(27)32-17-29-15-28-16-30-31(25(18(4)5)19(6)7)26(20(8)9)21(10)11/h18-21H,12-17H2,1-11H3,(H,24,27). The normalized spacial score (nSPS) is 13.1. The van der Waals surface area contributed by atoms with E-state index in [1.165, 1.54) is 0 Å². The summed E-state index contributed by atoms with van der Waals surface area (Å²) in [5.41, 5.74) is -0.122. The van der Waals surface area contributed by atoms with Crippen molar-refractivity contribution in [2.24, 2.45) is 0 Å². The maximum atomic E-state index is 12.2. The van der Waals surface area contributed by atoms with Gasteiger partial charge >= 0.3 is 0 Å². The van der Waals surface area contributed by atoms with Crippen molar-refractivity contribution in [1.82, 2.24) is 14.7 Å². The fraction of sp³-hybridized carbons (Fsp3) is 0.957. The Labute approximate surface area is 203 Å². The molecule has 0 saturated heterocycles. The van der Waals surface area contributed by atoms with Gasteiger partial charge in [0.1, 0.15) is 5.94 Å². The van der Waals surface area contributed by atoms with Gasteiger partial charge in [0, 0.05) is 29.7 Å². The largest absolute Gasteiger partial charge is 0.344 e. The Bertz CT molecular complexity index is 461. The van der Waals surface area contributed by atoms with E-state index in [4.69, 9.17) is 14.0 Å². The van der Waals surface area contributed by atoms with Crippen LogP contribution in [-0.2, 0) is 14.0 Å². The maximum Gasteiger partial charge on any atom is 0.281 e. The molecular weight excluding hydrogens is 445 g/mol. The van der Waals surface area contributed by atoms with Crippen LogP contribution in [0.2, 0.25) is 0 Å². The summed E-state index contributed by atoms with van der Waals surface area (Å²) in [5, 5.41) is 3.08. The number of ether oxygens (including phenoxy) is 2. The minimum atomic E-state index is -0.985. The van der Waals surface area contributed by atoms with E-state index in [1.807, 2.05) is 0 Å². The molecule has 0 aliphatic heterocycles. The first-order valence-electron chi connectivity index (χ1n) is 12.1. The summed E-state index contributed by atoms with van der Waals surface area (Å²) in [6.07, 6.45) is 2.76. The number of rotatable bonds is 17. The van der Waals surface area contributed by atoms with Crippen molar-refractivity contribution in [2.75, 3.05) is 19.5 Å². The van der Waals surface area contributed by atoms with E-state index in [0.717, 1.165) is 31.0 Å². The van der Waals surface area contributed by atoms with E-state index < -0.39 is 8.45 Å². The molecule has 0 spiro atoms. The van der Waals surface area contributed by atoms with Gasteiger partial charge in [0.25, 0.3) is 5.24 Å². The molecule has 0 atom stereocenters. The van der Waals surface area contributed by atoms with E-state index >= 15 is 0 Å². The predicted molar refractivity (Wildman–Crippen MR) is 139 cm³/mol. The molecule has 0 radical (unpaired) electrons. The molecule has 32 heavy (non-hydrogen) atoms. The number of hydrogen-bond acceptors (Lipinski definition) is 7. The van der Waals surface area contributed by atoms with Crippen molar-refractivity contribution in [3.8, 4) is 0 Å². The number of hydrogen-bond donors (Lipinski definition) is 1. The zero-order valence-electron chi connectivity index (χ0n) is 22.4. The monoisotopic (exact) mass is 495 g/mol. The Hall–Kier alpha value is 0.0500. The van der Waals surface area contributed by atoms with Gasteiger partial charge in [-0.1, -0.05) is 20.8 Å². The Kier molecular flexibility index (Phi) is 16.7. The van der Waals surface area contributed by atoms with Crippen molar-refractivity contribution in [3.63, 3.8) is 0 Å².